The van der Waals surface area contributed by atoms with Crippen LogP contribution in [-0.2, 0) is 0 Å². The standard InChI is InChI=1S/C9H10N4/c1-10-9-4-7(2-3-11-9)8-5-12-13-6-8/h2-6H,1H3,(H,10,11)(H,12,13). The Kier molecular flexibility index (Phi) is 1.96. The summed E-state index contributed by atoms with van der Waals surface area (Å²) in [6, 6.07) is 3.93. The highest BCUT2D eigenvalue weighted by molar-refractivity contribution is 5.64. The lowest BCUT2D eigenvalue weighted by atomic mass is 10.1. The van der Waals surface area contributed by atoms with Gasteiger partial charge in [-0.2, -0.15) is 5.10 Å². The van der Waals surface area contributed by atoms with Crippen LogP contribution in [0.5, 0.6) is 0 Å². The van der Waals surface area contributed by atoms with E-state index in [9.17, 15) is 0 Å². The van der Waals surface area contributed by atoms with Crippen molar-refractivity contribution in [3.8, 4) is 11.1 Å². The largest absolute Gasteiger partial charge is 0.373 e. The minimum absolute atomic E-state index is 0.860. The Labute approximate surface area is 76.0 Å². The molecule has 2 aromatic heterocycles. The normalized spacial score (nSPS) is 9.92. The van der Waals surface area contributed by atoms with Gasteiger partial charge in [0.25, 0.3) is 0 Å². The third-order valence-electron chi connectivity index (χ3n) is 1.85. The van der Waals surface area contributed by atoms with Gasteiger partial charge in [0, 0.05) is 25.0 Å². The maximum absolute atomic E-state index is 4.13. The number of pyridine rings is 1. The molecule has 2 rings (SSSR count). The number of rotatable bonds is 2. The third kappa shape index (κ3) is 1.51. The predicted molar refractivity (Wildman–Crippen MR) is 51.4 cm³/mol. The fraction of sp³-hybridized carbons (Fsp3) is 0.111. The minimum atomic E-state index is 0.860. The van der Waals surface area contributed by atoms with Gasteiger partial charge in [-0.3, -0.25) is 5.10 Å². The SMILES string of the molecule is CNc1cc(-c2cn[nH]c2)ccn1. The molecular weight excluding hydrogens is 164 g/mol. The number of hydrogen-bond acceptors (Lipinski definition) is 3. The molecule has 0 unspecified atom stereocenters. The maximum Gasteiger partial charge on any atom is 0.126 e. The van der Waals surface area contributed by atoms with Crippen molar-refractivity contribution in [1.82, 2.24) is 15.2 Å². The van der Waals surface area contributed by atoms with E-state index in [1.54, 1.807) is 12.4 Å². The van der Waals surface area contributed by atoms with Gasteiger partial charge in [0.2, 0.25) is 0 Å². The van der Waals surface area contributed by atoms with Gasteiger partial charge in [0.1, 0.15) is 5.82 Å². The van der Waals surface area contributed by atoms with Crippen molar-refractivity contribution in [3.63, 3.8) is 0 Å². The second kappa shape index (κ2) is 3.26. The number of aromatic amines is 1. The molecule has 0 saturated carbocycles. The Balaban J connectivity index is 2.41. The molecule has 2 aromatic rings. The summed E-state index contributed by atoms with van der Waals surface area (Å²) in [6.07, 6.45) is 5.41. The topological polar surface area (TPSA) is 53.6 Å². The molecule has 4 nitrogen and oxygen atoms in total. The van der Waals surface area contributed by atoms with Crippen LogP contribution in [0.3, 0.4) is 0 Å². The van der Waals surface area contributed by atoms with Gasteiger partial charge in [0.15, 0.2) is 0 Å². The van der Waals surface area contributed by atoms with E-state index in [1.807, 2.05) is 25.4 Å². The van der Waals surface area contributed by atoms with Crippen molar-refractivity contribution >= 4 is 5.82 Å². The van der Waals surface area contributed by atoms with Crippen molar-refractivity contribution < 1.29 is 0 Å². The summed E-state index contributed by atoms with van der Waals surface area (Å²) in [5.41, 5.74) is 2.17. The number of nitrogens with one attached hydrogen (secondary N) is 2. The van der Waals surface area contributed by atoms with Crippen molar-refractivity contribution in [1.29, 1.82) is 0 Å². The Bertz CT molecular complexity index is 380. The number of hydrogen-bond donors (Lipinski definition) is 2. The first-order valence-electron chi connectivity index (χ1n) is 4.03. The molecule has 0 fully saturated rings. The summed E-state index contributed by atoms with van der Waals surface area (Å²) in [5.74, 6) is 0.860. The molecule has 0 aliphatic heterocycles. The molecule has 66 valence electrons. The number of aromatic nitrogens is 3. The Morgan fingerprint density at radius 1 is 1.38 bits per heavy atom. The smallest absolute Gasteiger partial charge is 0.126 e. The van der Waals surface area contributed by atoms with Crippen LogP contribution in [0.1, 0.15) is 0 Å². The molecule has 0 spiro atoms. The van der Waals surface area contributed by atoms with Gasteiger partial charge in [-0.25, -0.2) is 4.98 Å². The molecule has 0 aliphatic rings. The van der Waals surface area contributed by atoms with Gasteiger partial charge in [0.05, 0.1) is 6.20 Å². The molecule has 0 radical (unpaired) electrons. The second-order valence-corrected chi connectivity index (χ2v) is 2.67. The maximum atomic E-state index is 4.13. The van der Waals surface area contributed by atoms with E-state index in [4.69, 9.17) is 0 Å². The Hall–Kier alpha value is -1.84. The molecule has 0 aromatic carbocycles. The van der Waals surface area contributed by atoms with E-state index in [1.165, 1.54) is 0 Å². The van der Waals surface area contributed by atoms with E-state index in [0.29, 0.717) is 0 Å². The molecule has 2 heterocycles. The lowest BCUT2D eigenvalue weighted by Gasteiger charge is -2.00. The predicted octanol–water partition coefficient (Wildman–Crippen LogP) is 1.51. The molecular formula is C9H10N4. The summed E-state index contributed by atoms with van der Waals surface area (Å²) in [5, 5.41) is 9.65. The summed E-state index contributed by atoms with van der Waals surface area (Å²) in [6.45, 7) is 0. The molecule has 13 heavy (non-hydrogen) atoms. The highest BCUT2D eigenvalue weighted by Crippen LogP contribution is 2.18. The first-order valence-corrected chi connectivity index (χ1v) is 4.03. The highest BCUT2D eigenvalue weighted by atomic mass is 15.1. The third-order valence-corrected chi connectivity index (χ3v) is 1.85. The van der Waals surface area contributed by atoms with Gasteiger partial charge < -0.3 is 5.32 Å². The Morgan fingerprint density at radius 3 is 3.00 bits per heavy atom. The number of H-pyrrole nitrogens is 1. The molecule has 4 heteroatoms. The van der Waals surface area contributed by atoms with Crippen LogP contribution in [0.4, 0.5) is 5.82 Å². The van der Waals surface area contributed by atoms with Crippen molar-refractivity contribution in [2.24, 2.45) is 0 Å². The van der Waals surface area contributed by atoms with Crippen LogP contribution in [0, 0.1) is 0 Å². The lowest BCUT2D eigenvalue weighted by Crippen LogP contribution is -1.91. The second-order valence-electron chi connectivity index (χ2n) is 2.67. The van der Waals surface area contributed by atoms with E-state index < -0.39 is 0 Å². The summed E-state index contributed by atoms with van der Waals surface area (Å²) < 4.78 is 0. The van der Waals surface area contributed by atoms with Gasteiger partial charge in [-0.1, -0.05) is 0 Å². The quantitative estimate of drug-likeness (QED) is 0.725. The zero-order valence-electron chi connectivity index (χ0n) is 7.28. The van der Waals surface area contributed by atoms with Crippen LogP contribution in [-0.4, -0.2) is 22.2 Å². The number of nitrogens with zero attached hydrogens (tertiary/aromatic N) is 2. The summed E-state index contributed by atoms with van der Waals surface area (Å²) in [4.78, 5) is 4.13. The lowest BCUT2D eigenvalue weighted by molar-refractivity contribution is 1.09. The van der Waals surface area contributed by atoms with Gasteiger partial charge in [-0.15, -0.1) is 0 Å². The van der Waals surface area contributed by atoms with E-state index in [-0.39, 0.29) is 0 Å². The molecule has 0 amide bonds. The van der Waals surface area contributed by atoms with E-state index >= 15 is 0 Å². The average molecular weight is 174 g/mol. The minimum Gasteiger partial charge on any atom is -0.373 e. The summed E-state index contributed by atoms with van der Waals surface area (Å²) in [7, 11) is 1.85. The molecule has 0 atom stereocenters. The van der Waals surface area contributed by atoms with Gasteiger partial charge >= 0.3 is 0 Å². The zero-order chi connectivity index (χ0) is 9.10. The van der Waals surface area contributed by atoms with Crippen molar-refractivity contribution in [3.05, 3.63) is 30.7 Å². The van der Waals surface area contributed by atoms with Crippen molar-refractivity contribution in [2.75, 3.05) is 12.4 Å². The van der Waals surface area contributed by atoms with Crippen LogP contribution in [0.2, 0.25) is 0 Å². The van der Waals surface area contributed by atoms with Crippen molar-refractivity contribution in [2.45, 2.75) is 0 Å². The number of anilines is 1. The van der Waals surface area contributed by atoms with Crippen LogP contribution >= 0.6 is 0 Å². The first kappa shape index (κ1) is 7.79. The first-order chi connectivity index (χ1) is 6.40. The molecule has 2 N–H and O–H groups in total. The highest BCUT2D eigenvalue weighted by Gasteiger charge is 1.99. The summed E-state index contributed by atoms with van der Waals surface area (Å²) >= 11 is 0. The van der Waals surface area contributed by atoms with Gasteiger partial charge in [-0.05, 0) is 17.7 Å². The molecule has 0 saturated heterocycles. The molecule has 0 bridgehead atoms. The van der Waals surface area contributed by atoms with E-state index in [2.05, 4.69) is 20.5 Å². The monoisotopic (exact) mass is 174 g/mol. The van der Waals surface area contributed by atoms with E-state index in [0.717, 1.165) is 16.9 Å². The van der Waals surface area contributed by atoms with Crippen LogP contribution < -0.4 is 5.32 Å². The average Bonchev–Trinajstić information content (AvgIpc) is 2.71. The van der Waals surface area contributed by atoms with Crippen LogP contribution in [0.15, 0.2) is 30.7 Å². The Morgan fingerprint density at radius 2 is 2.31 bits per heavy atom. The molecule has 0 aliphatic carbocycles. The zero-order valence-corrected chi connectivity index (χ0v) is 7.28. The van der Waals surface area contributed by atoms with Crippen LogP contribution in [0.25, 0.3) is 11.1 Å². The fourth-order valence-corrected chi connectivity index (χ4v) is 1.16. The fourth-order valence-electron chi connectivity index (χ4n) is 1.16.